The van der Waals surface area contributed by atoms with Crippen molar-refractivity contribution in [3.8, 4) is 0 Å². The van der Waals surface area contributed by atoms with Gasteiger partial charge in [0.1, 0.15) is 5.82 Å². The molecule has 1 aliphatic carbocycles. The van der Waals surface area contributed by atoms with Crippen molar-refractivity contribution in [3.63, 3.8) is 0 Å². The van der Waals surface area contributed by atoms with E-state index in [1.165, 1.54) is 12.7 Å². The van der Waals surface area contributed by atoms with Crippen LogP contribution in [0.4, 0.5) is 0 Å². The standard InChI is InChI=1S/C16H21N3O2S/c1-12-17-15(19-18-12)16(10-4-3-5-11-16)13-6-8-14(9-7-13)22(2,20)21/h6-9H,3-5,10-11H2,1-2H3,(H,17,18,19). The average molecular weight is 319 g/mol. The number of aryl methyl sites for hydroxylation is 1. The third-order valence-electron chi connectivity index (χ3n) is 4.57. The van der Waals surface area contributed by atoms with E-state index in [9.17, 15) is 8.42 Å². The van der Waals surface area contributed by atoms with Crippen LogP contribution in [0.3, 0.4) is 0 Å². The number of benzene rings is 1. The van der Waals surface area contributed by atoms with Crippen LogP contribution in [0, 0.1) is 6.92 Å². The van der Waals surface area contributed by atoms with E-state index in [1.807, 2.05) is 19.1 Å². The number of hydrogen-bond acceptors (Lipinski definition) is 4. The summed E-state index contributed by atoms with van der Waals surface area (Å²) in [5, 5.41) is 7.34. The number of H-pyrrole nitrogens is 1. The van der Waals surface area contributed by atoms with Gasteiger partial charge in [0.25, 0.3) is 0 Å². The third kappa shape index (κ3) is 2.67. The number of hydrogen-bond donors (Lipinski definition) is 1. The summed E-state index contributed by atoms with van der Waals surface area (Å²) in [6, 6.07) is 7.24. The van der Waals surface area contributed by atoms with Gasteiger partial charge in [-0.1, -0.05) is 31.4 Å². The van der Waals surface area contributed by atoms with E-state index in [4.69, 9.17) is 0 Å². The van der Waals surface area contributed by atoms with Crippen LogP contribution in [-0.4, -0.2) is 29.9 Å². The fourth-order valence-corrected chi connectivity index (χ4v) is 4.01. The summed E-state index contributed by atoms with van der Waals surface area (Å²) in [6.45, 7) is 1.90. The quantitative estimate of drug-likeness (QED) is 0.944. The van der Waals surface area contributed by atoms with Gasteiger partial charge in [0.2, 0.25) is 0 Å². The minimum Gasteiger partial charge on any atom is -0.263 e. The SMILES string of the molecule is Cc1nc(C2(c3ccc(S(C)(=O)=O)cc3)CCCCC2)n[nH]1. The lowest BCUT2D eigenvalue weighted by atomic mass is 9.69. The first kappa shape index (κ1) is 15.2. The number of nitrogens with zero attached hydrogens (tertiary/aromatic N) is 2. The van der Waals surface area contributed by atoms with Crippen LogP contribution in [0.1, 0.15) is 49.3 Å². The first-order valence-electron chi connectivity index (χ1n) is 7.62. The van der Waals surface area contributed by atoms with Gasteiger partial charge in [-0.25, -0.2) is 13.4 Å². The van der Waals surface area contributed by atoms with Crippen LogP contribution in [0.5, 0.6) is 0 Å². The van der Waals surface area contributed by atoms with Crippen molar-refractivity contribution in [1.29, 1.82) is 0 Å². The Morgan fingerprint density at radius 2 is 1.73 bits per heavy atom. The first-order chi connectivity index (χ1) is 10.4. The molecule has 1 aromatic carbocycles. The van der Waals surface area contributed by atoms with Gasteiger partial charge in [0, 0.05) is 6.26 Å². The Balaban J connectivity index is 2.07. The van der Waals surface area contributed by atoms with Gasteiger partial charge in [0.15, 0.2) is 15.7 Å². The highest BCUT2D eigenvalue weighted by Gasteiger charge is 2.39. The average Bonchev–Trinajstić information content (AvgIpc) is 2.94. The largest absolute Gasteiger partial charge is 0.263 e. The molecule has 1 saturated carbocycles. The van der Waals surface area contributed by atoms with Crippen molar-refractivity contribution < 1.29 is 8.42 Å². The molecule has 2 aromatic rings. The Bertz CT molecular complexity index is 757. The lowest BCUT2D eigenvalue weighted by molar-refractivity contribution is 0.331. The van der Waals surface area contributed by atoms with Crippen molar-refractivity contribution in [2.75, 3.05) is 6.26 Å². The van der Waals surface area contributed by atoms with Crippen LogP contribution < -0.4 is 0 Å². The molecule has 5 nitrogen and oxygen atoms in total. The number of aromatic nitrogens is 3. The summed E-state index contributed by atoms with van der Waals surface area (Å²) in [5.74, 6) is 1.64. The maximum atomic E-state index is 11.6. The smallest absolute Gasteiger partial charge is 0.175 e. The van der Waals surface area contributed by atoms with Gasteiger partial charge >= 0.3 is 0 Å². The lowest BCUT2D eigenvalue weighted by Crippen LogP contribution is -2.32. The van der Waals surface area contributed by atoms with Crippen LogP contribution in [-0.2, 0) is 15.3 Å². The predicted octanol–water partition coefficient (Wildman–Crippen LogP) is 2.77. The molecule has 118 valence electrons. The molecule has 0 spiro atoms. The zero-order chi connectivity index (χ0) is 15.8. The second kappa shape index (κ2) is 5.50. The van der Waals surface area contributed by atoms with E-state index in [-0.39, 0.29) is 5.41 Å². The molecule has 1 N–H and O–H groups in total. The molecule has 0 unspecified atom stereocenters. The molecule has 0 aliphatic heterocycles. The minimum atomic E-state index is -3.17. The highest BCUT2D eigenvalue weighted by Crippen LogP contribution is 2.43. The second-order valence-corrected chi connectivity index (χ2v) is 8.20. The van der Waals surface area contributed by atoms with Gasteiger partial charge in [-0.05, 0) is 37.5 Å². The van der Waals surface area contributed by atoms with E-state index in [2.05, 4.69) is 15.2 Å². The van der Waals surface area contributed by atoms with E-state index >= 15 is 0 Å². The summed E-state index contributed by atoms with van der Waals surface area (Å²) in [7, 11) is -3.17. The number of aromatic amines is 1. The zero-order valence-corrected chi connectivity index (χ0v) is 13.8. The first-order valence-corrected chi connectivity index (χ1v) is 9.51. The molecule has 1 aliphatic rings. The van der Waals surface area contributed by atoms with E-state index in [0.717, 1.165) is 42.9 Å². The highest BCUT2D eigenvalue weighted by molar-refractivity contribution is 7.90. The monoisotopic (exact) mass is 319 g/mol. The molecular weight excluding hydrogens is 298 g/mol. The van der Waals surface area contributed by atoms with Crippen LogP contribution in [0.2, 0.25) is 0 Å². The Kier molecular flexibility index (Phi) is 3.80. The molecule has 0 bridgehead atoms. The van der Waals surface area contributed by atoms with Gasteiger partial charge in [0.05, 0.1) is 10.3 Å². The Hall–Kier alpha value is -1.69. The number of sulfone groups is 1. The molecule has 0 atom stereocenters. The topological polar surface area (TPSA) is 75.7 Å². The van der Waals surface area contributed by atoms with E-state index < -0.39 is 9.84 Å². The summed E-state index contributed by atoms with van der Waals surface area (Å²) in [5.41, 5.74) is 0.914. The number of rotatable bonds is 3. The number of nitrogens with one attached hydrogen (secondary N) is 1. The van der Waals surface area contributed by atoms with Gasteiger partial charge in [-0.2, -0.15) is 5.10 Å². The maximum absolute atomic E-state index is 11.6. The van der Waals surface area contributed by atoms with Gasteiger partial charge in [-0.15, -0.1) is 0 Å². The van der Waals surface area contributed by atoms with Crippen molar-refractivity contribution in [3.05, 3.63) is 41.5 Å². The van der Waals surface area contributed by atoms with Crippen molar-refractivity contribution in [2.24, 2.45) is 0 Å². The van der Waals surface area contributed by atoms with Crippen molar-refractivity contribution in [1.82, 2.24) is 15.2 Å². The predicted molar refractivity (Wildman–Crippen MR) is 84.5 cm³/mol. The van der Waals surface area contributed by atoms with Crippen LogP contribution in [0.25, 0.3) is 0 Å². The summed E-state index contributed by atoms with van der Waals surface area (Å²) >= 11 is 0. The zero-order valence-electron chi connectivity index (χ0n) is 13.0. The highest BCUT2D eigenvalue weighted by atomic mass is 32.2. The maximum Gasteiger partial charge on any atom is 0.175 e. The lowest BCUT2D eigenvalue weighted by Gasteiger charge is -2.35. The second-order valence-electron chi connectivity index (χ2n) is 6.18. The summed E-state index contributed by atoms with van der Waals surface area (Å²) in [6.07, 6.45) is 6.75. The molecule has 0 radical (unpaired) electrons. The van der Waals surface area contributed by atoms with E-state index in [1.54, 1.807) is 12.1 Å². The molecule has 3 rings (SSSR count). The Morgan fingerprint density at radius 1 is 1.09 bits per heavy atom. The van der Waals surface area contributed by atoms with Crippen molar-refractivity contribution in [2.45, 2.75) is 49.3 Å². The molecule has 0 amide bonds. The molecule has 1 fully saturated rings. The molecule has 22 heavy (non-hydrogen) atoms. The van der Waals surface area contributed by atoms with E-state index in [0.29, 0.717) is 4.90 Å². The third-order valence-corrected chi connectivity index (χ3v) is 5.70. The summed E-state index contributed by atoms with van der Waals surface area (Å²) in [4.78, 5) is 4.92. The van der Waals surface area contributed by atoms with Crippen molar-refractivity contribution >= 4 is 9.84 Å². The molecule has 1 heterocycles. The van der Waals surface area contributed by atoms with Crippen LogP contribution >= 0.6 is 0 Å². The Morgan fingerprint density at radius 3 is 2.23 bits per heavy atom. The van der Waals surface area contributed by atoms with Gasteiger partial charge < -0.3 is 0 Å². The van der Waals surface area contributed by atoms with Gasteiger partial charge in [-0.3, -0.25) is 5.10 Å². The summed E-state index contributed by atoms with van der Waals surface area (Å²) < 4.78 is 23.3. The fraction of sp³-hybridized carbons (Fsp3) is 0.500. The Labute approximate surface area is 131 Å². The minimum absolute atomic E-state index is 0.195. The van der Waals surface area contributed by atoms with Crippen LogP contribution in [0.15, 0.2) is 29.2 Å². The fourth-order valence-electron chi connectivity index (χ4n) is 3.37. The molecule has 0 saturated heterocycles. The molecule has 6 heteroatoms. The normalized spacial score (nSPS) is 18.3. The molecule has 1 aromatic heterocycles. The molecular formula is C16H21N3O2S.